The number of fused-ring (bicyclic) bond motifs is 1. The first kappa shape index (κ1) is 18.3. The molecule has 1 heterocycles. The summed E-state index contributed by atoms with van der Waals surface area (Å²) >= 11 is 7.32. The summed E-state index contributed by atoms with van der Waals surface area (Å²) in [6.07, 6.45) is 0.116. The van der Waals surface area contributed by atoms with E-state index in [1.54, 1.807) is 36.2 Å². The zero-order valence-corrected chi connectivity index (χ0v) is 15.6. The molecule has 0 saturated heterocycles. The predicted molar refractivity (Wildman–Crippen MR) is 102 cm³/mol. The summed E-state index contributed by atoms with van der Waals surface area (Å²) in [6.45, 7) is 0.426. The lowest BCUT2D eigenvalue weighted by Gasteiger charge is -2.25. The summed E-state index contributed by atoms with van der Waals surface area (Å²) in [5.74, 6) is -0.302. The van der Waals surface area contributed by atoms with Gasteiger partial charge in [0.05, 0.1) is 22.6 Å². The molecule has 0 aromatic heterocycles. The maximum Gasteiger partial charge on any atom is 0.238 e. The molecule has 3 rings (SSSR count). The van der Waals surface area contributed by atoms with Crippen LogP contribution in [0.5, 0.6) is 0 Å². The van der Waals surface area contributed by atoms with Crippen LogP contribution >= 0.6 is 23.4 Å². The Morgan fingerprint density at radius 3 is 2.73 bits per heavy atom. The SMILES string of the molecule is CN(Cc1ccc(C#N)cc1)C(=O)CC1Sc2ccc(Cl)cc2NC1=O. The Balaban J connectivity index is 1.62. The van der Waals surface area contributed by atoms with Gasteiger partial charge in [0.15, 0.2) is 0 Å². The van der Waals surface area contributed by atoms with Crippen LogP contribution in [0.1, 0.15) is 17.5 Å². The summed E-state index contributed by atoms with van der Waals surface area (Å²) in [6, 6.07) is 14.5. The highest BCUT2D eigenvalue weighted by atomic mass is 35.5. The molecule has 1 N–H and O–H groups in total. The minimum Gasteiger partial charge on any atom is -0.341 e. The number of rotatable bonds is 4. The van der Waals surface area contributed by atoms with E-state index in [-0.39, 0.29) is 18.2 Å². The summed E-state index contributed by atoms with van der Waals surface area (Å²) in [7, 11) is 1.71. The maximum atomic E-state index is 12.5. The molecule has 0 radical (unpaired) electrons. The number of carbonyl (C=O) groups is 2. The molecular formula is C19H16ClN3O2S. The van der Waals surface area contributed by atoms with Crippen LogP contribution in [0.3, 0.4) is 0 Å². The van der Waals surface area contributed by atoms with Gasteiger partial charge in [0, 0.05) is 29.9 Å². The van der Waals surface area contributed by atoms with Gasteiger partial charge in [-0.1, -0.05) is 23.7 Å². The first-order valence-corrected chi connectivity index (χ1v) is 9.22. The van der Waals surface area contributed by atoms with Crippen LogP contribution in [0.15, 0.2) is 47.4 Å². The van der Waals surface area contributed by atoms with Gasteiger partial charge in [-0.2, -0.15) is 5.26 Å². The molecule has 1 aliphatic heterocycles. The van der Waals surface area contributed by atoms with Crippen LogP contribution in [0.4, 0.5) is 5.69 Å². The van der Waals surface area contributed by atoms with Gasteiger partial charge >= 0.3 is 0 Å². The van der Waals surface area contributed by atoms with Crippen molar-refractivity contribution < 1.29 is 9.59 Å². The average molecular weight is 386 g/mol. The number of hydrogen-bond donors (Lipinski definition) is 1. The van der Waals surface area contributed by atoms with Crippen LogP contribution in [0.25, 0.3) is 0 Å². The van der Waals surface area contributed by atoms with E-state index in [1.807, 2.05) is 18.2 Å². The van der Waals surface area contributed by atoms with Crippen molar-refractivity contribution in [1.82, 2.24) is 4.90 Å². The molecule has 0 aliphatic carbocycles. The first-order valence-electron chi connectivity index (χ1n) is 7.96. The van der Waals surface area contributed by atoms with Gasteiger partial charge in [0.25, 0.3) is 0 Å². The zero-order valence-electron chi connectivity index (χ0n) is 14.0. The second-order valence-corrected chi connectivity index (χ2v) is 7.68. The average Bonchev–Trinajstić information content (AvgIpc) is 2.63. The first-order chi connectivity index (χ1) is 12.5. The van der Waals surface area contributed by atoms with Crippen LogP contribution in [0, 0.1) is 11.3 Å². The fourth-order valence-electron chi connectivity index (χ4n) is 2.62. The van der Waals surface area contributed by atoms with Gasteiger partial charge in [-0.25, -0.2) is 0 Å². The number of carbonyl (C=O) groups excluding carboxylic acids is 2. The molecule has 1 atom stereocenters. The number of nitrogens with zero attached hydrogens (tertiary/aromatic N) is 2. The van der Waals surface area contributed by atoms with Gasteiger partial charge < -0.3 is 10.2 Å². The largest absolute Gasteiger partial charge is 0.341 e. The van der Waals surface area contributed by atoms with Crippen LogP contribution in [-0.4, -0.2) is 29.0 Å². The van der Waals surface area contributed by atoms with E-state index >= 15 is 0 Å². The van der Waals surface area contributed by atoms with Gasteiger partial charge in [-0.05, 0) is 35.9 Å². The molecule has 2 aromatic carbocycles. The Morgan fingerprint density at radius 2 is 2.04 bits per heavy atom. The number of anilines is 1. The monoisotopic (exact) mass is 385 g/mol. The third kappa shape index (κ3) is 4.18. The third-order valence-corrected chi connectivity index (χ3v) is 5.56. The predicted octanol–water partition coefficient (Wildman–Crippen LogP) is 3.67. The van der Waals surface area contributed by atoms with Crippen LogP contribution < -0.4 is 5.32 Å². The molecule has 132 valence electrons. The van der Waals surface area contributed by atoms with E-state index in [0.717, 1.165) is 10.5 Å². The lowest BCUT2D eigenvalue weighted by atomic mass is 10.1. The lowest BCUT2D eigenvalue weighted by Crippen LogP contribution is -2.35. The highest BCUT2D eigenvalue weighted by Crippen LogP contribution is 2.38. The zero-order chi connectivity index (χ0) is 18.7. The van der Waals surface area contributed by atoms with Gasteiger partial charge in [-0.3, -0.25) is 9.59 Å². The molecule has 0 saturated carbocycles. The summed E-state index contributed by atoms with van der Waals surface area (Å²) in [5.41, 5.74) is 2.19. The minimum atomic E-state index is -0.473. The molecule has 2 amide bonds. The van der Waals surface area contributed by atoms with Crippen LogP contribution in [0.2, 0.25) is 5.02 Å². The van der Waals surface area contributed by atoms with Gasteiger partial charge in [-0.15, -0.1) is 11.8 Å². The molecule has 0 fully saturated rings. The van der Waals surface area contributed by atoms with E-state index in [4.69, 9.17) is 16.9 Å². The van der Waals surface area contributed by atoms with Crippen molar-refractivity contribution in [3.05, 3.63) is 58.6 Å². The molecule has 7 heteroatoms. The van der Waals surface area contributed by atoms with Crippen LogP contribution in [-0.2, 0) is 16.1 Å². The van der Waals surface area contributed by atoms with E-state index in [9.17, 15) is 9.59 Å². The second kappa shape index (κ2) is 7.81. The van der Waals surface area contributed by atoms with Crippen molar-refractivity contribution in [2.45, 2.75) is 23.1 Å². The van der Waals surface area contributed by atoms with E-state index in [2.05, 4.69) is 11.4 Å². The van der Waals surface area contributed by atoms with Crippen molar-refractivity contribution in [2.75, 3.05) is 12.4 Å². The number of nitrogens with one attached hydrogen (secondary N) is 1. The molecule has 0 spiro atoms. The molecule has 1 aliphatic rings. The Morgan fingerprint density at radius 1 is 1.31 bits per heavy atom. The lowest BCUT2D eigenvalue weighted by molar-refractivity contribution is -0.131. The highest BCUT2D eigenvalue weighted by Gasteiger charge is 2.30. The van der Waals surface area contributed by atoms with Gasteiger partial charge in [0.2, 0.25) is 11.8 Å². The van der Waals surface area contributed by atoms with E-state index in [0.29, 0.717) is 22.8 Å². The smallest absolute Gasteiger partial charge is 0.238 e. The molecule has 5 nitrogen and oxygen atoms in total. The standard InChI is InChI=1S/C19H16ClN3O2S/c1-23(11-13-4-2-12(10-21)3-5-13)18(24)9-17-19(25)22-15-8-14(20)6-7-16(15)26-17/h2-8,17H,9,11H2,1H3,(H,22,25). The molecule has 26 heavy (non-hydrogen) atoms. The number of benzene rings is 2. The molecule has 2 aromatic rings. The Labute approximate surface area is 160 Å². The Bertz CT molecular complexity index is 893. The quantitative estimate of drug-likeness (QED) is 0.871. The third-order valence-electron chi connectivity index (χ3n) is 4.05. The minimum absolute atomic E-state index is 0.112. The Kier molecular flexibility index (Phi) is 5.50. The fraction of sp³-hybridized carbons (Fsp3) is 0.211. The molecule has 0 bridgehead atoms. The summed E-state index contributed by atoms with van der Waals surface area (Å²) in [5, 5.41) is 11.7. The topological polar surface area (TPSA) is 73.2 Å². The van der Waals surface area contributed by atoms with Crippen molar-refractivity contribution in [1.29, 1.82) is 5.26 Å². The normalized spacial score (nSPS) is 15.6. The van der Waals surface area contributed by atoms with Crippen molar-refractivity contribution in [3.8, 4) is 6.07 Å². The number of nitriles is 1. The van der Waals surface area contributed by atoms with Crippen molar-refractivity contribution >= 4 is 40.9 Å². The number of thioether (sulfide) groups is 1. The maximum absolute atomic E-state index is 12.5. The number of halogens is 1. The van der Waals surface area contributed by atoms with E-state index in [1.165, 1.54) is 11.8 Å². The van der Waals surface area contributed by atoms with Crippen molar-refractivity contribution in [2.24, 2.45) is 0 Å². The number of amides is 2. The number of hydrogen-bond acceptors (Lipinski definition) is 4. The summed E-state index contributed by atoms with van der Waals surface area (Å²) < 4.78 is 0. The second-order valence-electron chi connectivity index (χ2n) is 6.00. The fourth-order valence-corrected chi connectivity index (χ4v) is 3.87. The Hall–Kier alpha value is -2.49. The van der Waals surface area contributed by atoms with E-state index < -0.39 is 5.25 Å². The molecule has 1 unspecified atom stereocenters. The molecular weight excluding hydrogens is 370 g/mol. The van der Waals surface area contributed by atoms with Crippen molar-refractivity contribution in [3.63, 3.8) is 0 Å². The highest BCUT2D eigenvalue weighted by molar-refractivity contribution is 8.01. The summed E-state index contributed by atoms with van der Waals surface area (Å²) in [4.78, 5) is 27.3. The van der Waals surface area contributed by atoms with Gasteiger partial charge in [0.1, 0.15) is 0 Å².